The molecule has 1 N–H and O–H groups in total. The number of aromatic nitrogens is 1. The molecule has 3 heteroatoms. The fraction of sp³-hybridized carbons (Fsp3) is 0.438. The van der Waals surface area contributed by atoms with Crippen LogP contribution in [0.4, 0.5) is 5.69 Å². The lowest BCUT2D eigenvalue weighted by atomic mass is 9.87. The molecule has 2 aromatic rings. The summed E-state index contributed by atoms with van der Waals surface area (Å²) in [5.41, 5.74) is 2.27. The topological polar surface area (TPSA) is 38.1 Å². The van der Waals surface area contributed by atoms with Gasteiger partial charge in [0.2, 0.25) is 0 Å². The summed E-state index contributed by atoms with van der Waals surface area (Å²) in [5, 5.41) is 3.63. The molecule has 1 fully saturated rings. The first kappa shape index (κ1) is 12.3. The summed E-state index contributed by atoms with van der Waals surface area (Å²) in [5.74, 6) is 1.71. The average Bonchev–Trinajstić information content (AvgIpc) is 2.96. The maximum absolute atomic E-state index is 5.29. The number of hydrogen-bond donors (Lipinski definition) is 1. The zero-order valence-electron chi connectivity index (χ0n) is 11.3. The highest BCUT2D eigenvalue weighted by atomic mass is 16.3. The lowest BCUT2D eigenvalue weighted by molar-refractivity contribution is 0.361. The van der Waals surface area contributed by atoms with Gasteiger partial charge < -0.3 is 9.73 Å². The van der Waals surface area contributed by atoms with Crippen molar-refractivity contribution >= 4 is 5.69 Å². The molecule has 3 rings (SSSR count). The number of anilines is 1. The minimum absolute atomic E-state index is 0.632. The molecule has 0 bridgehead atoms. The van der Waals surface area contributed by atoms with Crippen LogP contribution in [0.2, 0.25) is 0 Å². The summed E-state index contributed by atoms with van der Waals surface area (Å²) in [6.45, 7) is 2.35. The van der Waals surface area contributed by atoms with Crippen LogP contribution in [0, 0.1) is 5.92 Å². The normalized spacial score (nSPS) is 23.2. The van der Waals surface area contributed by atoms with Gasteiger partial charge in [-0.25, -0.2) is 4.98 Å². The summed E-state index contributed by atoms with van der Waals surface area (Å²) in [6, 6.07) is 9.03. The molecule has 0 unspecified atom stereocenters. The fourth-order valence-electron chi connectivity index (χ4n) is 2.73. The lowest BCUT2D eigenvalue weighted by Gasteiger charge is -2.27. The van der Waals surface area contributed by atoms with Gasteiger partial charge >= 0.3 is 0 Å². The van der Waals surface area contributed by atoms with Crippen molar-refractivity contribution in [3.63, 3.8) is 0 Å². The molecule has 0 amide bonds. The van der Waals surface area contributed by atoms with E-state index in [-0.39, 0.29) is 0 Å². The second-order valence-electron chi connectivity index (χ2n) is 5.54. The van der Waals surface area contributed by atoms with Crippen LogP contribution in [0.15, 0.2) is 41.3 Å². The van der Waals surface area contributed by atoms with E-state index in [4.69, 9.17) is 4.42 Å². The number of rotatable bonds is 3. The van der Waals surface area contributed by atoms with E-state index in [1.807, 2.05) is 0 Å². The minimum Gasteiger partial charge on any atom is -0.444 e. The van der Waals surface area contributed by atoms with E-state index in [1.165, 1.54) is 37.8 Å². The molecule has 1 aliphatic carbocycles. The monoisotopic (exact) mass is 256 g/mol. The molecular formula is C16H20N2O. The highest BCUT2D eigenvalue weighted by Crippen LogP contribution is 2.27. The van der Waals surface area contributed by atoms with E-state index < -0.39 is 0 Å². The molecule has 1 heterocycles. The van der Waals surface area contributed by atoms with E-state index >= 15 is 0 Å². The molecule has 0 saturated heterocycles. The first-order chi connectivity index (χ1) is 9.31. The van der Waals surface area contributed by atoms with Crippen molar-refractivity contribution in [2.45, 2.75) is 38.6 Å². The smallest absolute Gasteiger partial charge is 0.181 e. The van der Waals surface area contributed by atoms with Crippen molar-refractivity contribution in [2.24, 2.45) is 5.92 Å². The van der Waals surface area contributed by atoms with E-state index in [1.54, 1.807) is 6.20 Å². The molecule has 1 saturated carbocycles. The van der Waals surface area contributed by atoms with Crippen LogP contribution in [0.1, 0.15) is 32.6 Å². The van der Waals surface area contributed by atoms with Gasteiger partial charge in [0.1, 0.15) is 0 Å². The van der Waals surface area contributed by atoms with Gasteiger partial charge in [0.25, 0.3) is 0 Å². The van der Waals surface area contributed by atoms with Crippen molar-refractivity contribution < 1.29 is 4.42 Å². The second-order valence-corrected chi connectivity index (χ2v) is 5.54. The van der Waals surface area contributed by atoms with Crippen molar-refractivity contribution in [3.8, 4) is 11.3 Å². The number of oxazole rings is 1. The summed E-state index contributed by atoms with van der Waals surface area (Å²) >= 11 is 0. The molecule has 1 aromatic carbocycles. The van der Waals surface area contributed by atoms with Crippen LogP contribution in [0.5, 0.6) is 0 Å². The van der Waals surface area contributed by atoms with Gasteiger partial charge in [-0.1, -0.05) is 6.92 Å². The Bertz CT molecular complexity index is 496. The summed E-state index contributed by atoms with van der Waals surface area (Å²) in [7, 11) is 0. The lowest BCUT2D eigenvalue weighted by Crippen LogP contribution is -2.25. The zero-order chi connectivity index (χ0) is 13.1. The largest absolute Gasteiger partial charge is 0.444 e. The average molecular weight is 256 g/mol. The van der Waals surface area contributed by atoms with Crippen molar-refractivity contribution in [3.05, 3.63) is 36.9 Å². The van der Waals surface area contributed by atoms with E-state index in [0.717, 1.165) is 17.2 Å². The van der Waals surface area contributed by atoms with Gasteiger partial charge in [-0.15, -0.1) is 0 Å². The first-order valence-electron chi connectivity index (χ1n) is 7.07. The molecule has 3 nitrogen and oxygen atoms in total. The first-order valence-corrected chi connectivity index (χ1v) is 7.07. The second kappa shape index (κ2) is 5.47. The molecule has 0 spiro atoms. The predicted octanol–water partition coefficient (Wildman–Crippen LogP) is 4.33. The van der Waals surface area contributed by atoms with Crippen LogP contribution in [-0.4, -0.2) is 11.0 Å². The molecule has 100 valence electrons. The Morgan fingerprint density at radius 3 is 2.47 bits per heavy atom. The number of nitrogens with zero attached hydrogens (tertiary/aromatic N) is 1. The Labute approximate surface area is 114 Å². The van der Waals surface area contributed by atoms with Crippen molar-refractivity contribution in [1.82, 2.24) is 4.98 Å². The van der Waals surface area contributed by atoms with Gasteiger partial charge in [0.15, 0.2) is 12.2 Å². The minimum atomic E-state index is 0.632. The van der Waals surface area contributed by atoms with E-state index in [2.05, 4.69) is 41.5 Å². The summed E-state index contributed by atoms with van der Waals surface area (Å²) in [6.07, 6.45) is 8.45. The van der Waals surface area contributed by atoms with Crippen LogP contribution >= 0.6 is 0 Å². The Kier molecular flexibility index (Phi) is 3.53. The molecule has 0 aliphatic heterocycles. The SMILES string of the molecule is CC1CCC(Nc2ccc(-c3cnco3)cc2)CC1. The van der Waals surface area contributed by atoms with Gasteiger partial charge in [-0.2, -0.15) is 0 Å². The maximum atomic E-state index is 5.29. The predicted molar refractivity (Wildman–Crippen MR) is 77.0 cm³/mol. The van der Waals surface area contributed by atoms with Crippen LogP contribution in [-0.2, 0) is 0 Å². The van der Waals surface area contributed by atoms with Crippen molar-refractivity contribution in [1.29, 1.82) is 0 Å². The van der Waals surface area contributed by atoms with E-state index in [0.29, 0.717) is 6.04 Å². The Morgan fingerprint density at radius 2 is 1.84 bits per heavy atom. The zero-order valence-corrected chi connectivity index (χ0v) is 11.3. The third-order valence-corrected chi connectivity index (χ3v) is 3.99. The quantitative estimate of drug-likeness (QED) is 0.888. The van der Waals surface area contributed by atoms with Gasteiger partial charge in [0.05, 0.1) is 6.20 Å². The molecular weight excluding hydrogens is 236 g/mol. The third-order valence-electron chi connectivity index (χ3n) is 3.99. The van der Waals surface area contributed by atoms with Crippen LogP contribution < -0.4 is 5.32 Å². The summed E-state index contributed by atoms with van der Waals surface area (Å²) < 4.78 is 5.29. The number of nitrogens with one attached hydrogen (secondary N) is 1. The fourth-order valence-corrected chi connectivity index (χ4v) is 2.73. The van der Waals surface area contributed by atoms with E-state index in [9.17, 15) is 0 Å². The number of benzene rings is 1. The highest BCUT2D eigenvalue weighted by Gasteiger charge is 2.17. The van der Waals surface area contributed by atoms with Gasteiger partial charge in [-0.3, -0.25) is 0 Å². The molecule has 0 radical (unpaired) electrons. The highest BCUT2D eigenvalue weighted by molar-refractivity contribution is 5.60. The number of hydrogen-bond acceptors (Lipinski definition) is 3. The Balaban J connectivity index is 1.63. The molecule has 1 aromatic heterocycles. The summed E-state index contributed by atoms with van der Waals surface area (Å²) in [4.78, 5) is 3.94. The molecule has 1 aliphatic rings. The Hall–Kier alpha value is -1.77. The van der Waals surface area contributed by atoms with Gasteiger partial charge in [-0.05, 0) is 55.9 Å². The third kappa shape index (κ3) is 2.98. The maximum Gasteiger partial charge on any atom is 0.181 e. The van der Waals surface area contributed by atoms with Crippen molar-refractivity contribution in [2.75, 3.05) is 5.32 Å². The van der Waals surface area contributed by atoms with Crippen LogP contribution in [0.3, 0.4) is 0 Å². The Morgan fingerprint density at radius 1 is 1.11 bits per heavy atom. The van der Waals surface area contributed by atoms with Gasteiger partial charge in [0, 0.05) is 17.3 Å². The van der Waals surface area contributed by atoms with Crippen LogP contribution in [0.25, 0.3) is 11.3 Å². The molecule has 19 heavy (non-hydrogen) atoms. The molecule has 0 atom stereocenters. The standard InChI is InChI=1S/C16H20N2O/c1-12-2-6-14(7-3-12)18-15-8-4-13(5-9-15)16-10-17-11-19-16/h4-5,8-12,14,18H,2-3,6-7H2,1H3.